The summed E-state index contributed by atoms with van der Waals surface area (Å²) >= 11 is 0. The van der Waals surface area contributed by atoms with Crippen molar-refractivity contribution in [3.63, 3.8) is 0 Å². The minimum atomic E-state index is -0.290. The van der Waals surface area contributed by atoms with Crippen LogP contribution in [-0.4, -0.2) is 25.2 Å². The van der Waals surface area contributed by atoms with Gasteiger partial charge in [-0.2, -0.15) is 0 Å². The van der Waals surface area contributed by atoms with Gasteiger partial charge in [-0.15, -0.1) is 0 Å². The predicted molar refractivity (Wildman–Crippen MR) is 208 cm³/mol. The summed E-state index contributed by atoms with van der Waals surface area (Å²) in [6.07, 6.45) is 14.8. The van der Waals surface area contributed by atoms with Crippen LogP contribution in [0.4, 0.5) is 0 Å². The van der Waals surface area contributed by atoms with Crippen LogP contribution in [0.2, 0.25) is 0 Å². The fourth-order valence-corrected chi connectivity index (χ4v) is 6.31. The van der Waals surface area contributed by atoms with E-state index in [1.165, 1.54) is 44.2 Å². The van der Waals surface area contributed by atoms with E-state index in [1.54, 1.807) is 13.8 Å². The maximum absolute atomic E-state index is 11.5. The van der Waals surface area contributed by atoms with Gasteiger partial charge in [0.05, 0.1) is 13.2 Å². The third-order valence-electron chi connectivity index (χ3n) is 9.40. The molecule has 0 N–H and O–H groups in total. The molecule has 0 bridgehead atoms. The molecule has 4 nitrogen and oxygen atoms in total. The maximum atomic E-state index is 11.5. The number of carbonyl (C=O) groups excluding carboxylic acids is 2. The fraction of sp³-hybridized carbons (Fsp3) is 0.391. The van der Waals surface area contributed by atoms with Crippen molar-refractivity contribution in [3.05, 3.63) is 143 Å². The summed E-state index contributed by atoms with van der Waals surface area (Å²) < 4.78 is 10.3. The van der Waals surface area contributed by atoms with Crippen LogP contribution in [0.25, 0.3) is 10.8 Å². The van der Waals surface area contributed by atoms with E-state index in [-0.39, 0.29) is 11.9 Å². The van der Waals surface area contributed by atoms with Gasteiger partial charge in [-0.25, -0.2) is 9.59 Å². The molecule has 4 heteroatoms. The van der Waals surface area contributed by atoms with E-state index in [9.17, 15) is 9.59 Å². The van der Waals surface area contributed by atoms with Crippen molar-refractivity contribution in [2.75, 3.05) is 13.2 Å². The number of hydrogen-bond donors (Lipinski definition) is 0. The summed E-state index contributed by atoms with van der Waals surface area (Å²) in [5.74, 6) is -0.579. The van der Waals surface area contributed by atoms with Gasteiger partial charge in [0, 0.05) is 11.1 Å². The van der Waals surface area contributed by atoms with E-state index in [0.29, 0.717) is 24.4 Å². The molecule has 0 saturated heterocycles. The Morgan fingerprint density at radius 1 is 0.440 bits per heavy atom. The zero-order valence-corrected chi connectivity index (χ0v) is 30.4. The highest BCUT2D eigenvalue weighted by molar-refractivity contribution is 5.89. The molecule has 4 rings (SSSR count). The van der Waals surface area contributed by atoms with Crippen molar-refractivity contribution in [1.82, 2.24) is 0 Å². The van der Waals surface area contributed by atoms with Crippen molar-refractivity contribution in [2.45, 2.75) is 104 Å². The van der Waals surface area contributed by atoms with Crippen molar-refractivity contribution < 1.29 is 19.1 Å². The van der Waals surface area contributed by atoms with Gasteiger partial charge in [0.1, 0.15) is 0 Å². The second kappa shape index (κ2) is 20.9. The molecule has 0 spiro atoms. The molecular formula is C46H56O4. The summed E-state index contributed by atoms with van der Waals surface area (Å²) in [5, 5.41) is 2.75. The molecule has 264 valence electrons. The van der Waals surface area contributed by atoms with Crippen LogP contribution in [0.3, 0.4) is 0 Å². The molecule has 0 atom stereocenters. The average Bonchev–Trinajstić information content (AvgIpc) is 3.13. The predicted octanol–water partition coefficient (Wildman–Crippen LogP) is 10.9. The lowest BCUT2D eigenvalue weighted by Crippen LogP contribution is -2.06. The number of carbonyl (C=O) groups is 2. The Hall–Kier alpha value is -4.44. The molecule has 0 unspecified atom stereocenters. The van der Waals surface area contributed by atoms with Crippen LogP contribution >= 0.6 is 0 Å². The van der Waals surface area contributed by atoms with Gasteiger partial charge < -0.3 is 9.47 Å². The number of esters is 2. The van der Waals surface area contributed by atoms with E-state index < -0.39 is 0 Å². The third kappa shape index (κ3) is 13.1. The number of ether oxygens (including phenoxy) is 2. The van der Waals surface area contributed by atoms with E-state index in [1.807, 2.05) is 0 Å². The Kier molecular flexibility index (Phi) is 16.1. The number of rotatable bonds is 22. The molecule has 0 aliphatic heterocycles. The van der Waals surface area contributed by atoms with E-state index >= 15 is 0 Å². The smallest absolute Gasteiger partial charge is 0.333 e. The van der Waals surface area contributed by atoms with Crippen LogP contribution < -0.4 is 0 Å². The largest absolute Gasteiger partial charge is 0.462 e. The van der Waals surface area contributed by atoms with Crippen LogP contribution in [0, 0.1) is 0 Å². The van der Waals surface area contributed by atoms with E-state index in [2.05, 4.69) is 98.1 Å². The Morgan fingerprint density at radius 3 is 1.14 bits per heavy atom. The summed E-state index contributed by atoms with van der Waals surface area (Å²) in [6.45, 7) is 11.6. The molecule has 0 fully saturated rings. The van der Waals surface area contributed by atoms with Crippen molar-refractivity contribution in [1.29, 1.82) is 0 Å². The first kappa shape index (κ1) is 38.4. The van der Waals surface area contributed by atoms with Crippen LogP contribution in [-0.2, 0) is 57.6 Å². The molecule has 4 aromatic carbocycles. The number of hydrogen-bond acceptors (Lipinski definition) is 4. The molecule has 0 amide bonds. The van der Waals surface area contributed by atoms with Gasteiger partial charge in [0.25, 0.3) is 0 Å². The molecular weight excluding hydrogens is 617 g/mol. The van der Waals surface area contributed by atoms with Gasteiger partial charge in [-0.05, 0) is 122 Å². The highest BCUT2D eigenvalue weighted by Crippen LogP contribution is 2.26. The maximum Gasteiger partial charge on any atom is 0.333 e. The number of fused-ring (bicyclic) bond motifs is 1. The lowest BCUT2D eigenvalue weighted by molar-refractivity contribution is -0.139. The molecule has 0 aliphatic carbocycles. The zero-order valence-electron chi connectivity index (χ0n) is 30.4. The standard InChI is InChI=1S/C46H56O4/c1-35(2)45(47)49-33-13-7-5-9-15-37-19-23-39(24-20-37)27-29-41-31-32-42(44-18-12-11-17-43(41)44)30-28-40-25-21-38(22-26-40)16-10-6-8-14-34-50-46(48)36(3)4/h11-12,17-26,31-32H,1,3,5-10,13-16,27-30,33-34H2,2,4H3. The fourth-order valence-electron chi connectivity index (χ4n) is 6.31. The van der Waals surface area contributed by atoms with E-state index in [4.69, 9.17) is 9.47 Å². The van der Waals surface area contributed by atoms with Gasteiger partial charge in [0.15, 0.2) is 0 Å². The zero-order chi connectivity index (χ0) is 35.6. The third-order valence-corrected chi connectivity index (χ3v) is 9.40. The lowest BCUT2D eigenvalue weighted by Gasteiger charge is -2.12. The molecule has 0 radical (unpaired) electrons. The van der Waals surface area contributed by atoms with Crippen LogP contribution in [0.15, 0.2) is 109 Å². The highest BCUT2D eigenvalue weighted by atomic mass is 16.5. The summed E-state index contributed by atoms with van der Waals surface area (Å²) in [4.78, 5) is 22.9. The summed E-state index contributed by atoms with van der Waals surface area (Å²) in [5.41, 5.74) is 9.29. The minimum Gasteiger partial charge on any atom is -0.462 e. The Balaban J connectivity index is 1.17. The summed E-state index contributed by atoms with van der Waals surface area (Å²) in [7, 11) is 0. The SMILES string of the molecule is C=C(C)C(=O)OCCCCCCc1ccc(CCc2ccc(CCc3ccc(CCCCCCOC(=O)C(=C)C)cc3)c3ccccc23)cc1. The average molecular weight is 673 g/mol. The van der Waals surface area contributed by atoms with Gasteiger partial charge in [-0.3, -0.25) is 0 Å². The number of unbranched alkanes of at least 4 members (excludes halogenated alkanes) is 6. The minimum absolute atomic E-state index is 0.290. The van der Waals surface area contributed by atoms with Crippen molar-refractivity contribution in [3.8, 4) is 0 Å². The molecule has 0 aromatic heterocycles. The van der Waals surface area contributed by atoms with Crippen molar-refractivity contribution >= 4 is 22.7 Å². The molecule has 4 aromatic rings. The number of aryl methyl sites for hydroxylation is 6. The molecule has 0 heterocycles. The van der Waals surface area contributed by atoms with Gasteiger partial charge >= 0.3 is 11.9 Å². The first-order valence-corrected chi connectivity index (χ1v) is 18.6. The summed E-state index contributed by atoms with van der Waals surface area (Å²) in [6, 6.07) is 31.9. The van der Waals surface area contributed by atoms with Crippen LogP contribution in [0.5, 0.6) is 0 Å². The Bertz CT molecular complexity index is 1550. The monoisotopic (exact) mass is 672 g/mol. The Labute approximate surface area is 300 Å². The molecule has 50 heavy (non-hydrogen) atoms. The van der Waals surface area contributed by atoms with Crippen molar-refractivity contribution in [2.24, 2.45) is 0 Å². The number of benzene rings is 4. The first-order valence-electron chi connectivity index (χ1n) is 18.6. The van der Waals surface area contributed by atoms with Gasteiger partial charge in [-0.1, -0.05) is 124 Å². The second-order valence-corrected chi connectivity index (χ2v) is 13.7. The topological polar surface area (TPSA) is 52.6 Å². The van der Waals surface area contributed by atoms with Crippen LogP contribution in [0.1, 0.15) is 98.6 Å². The first-order chi connectivity index (χ1) is 24.3. The lowest BCUT2D eigenvalue weighted by atomic mass is 9.92. The highest BCUT2D eigenvalue weighted by Gasteiger charge is 2.08. The Morgan fingerprint density at radius 2 is 0.780 bits per heavy atom. The molecule has 0 aliphatic rings. The normalized spacial score (nSPS) is 11.0. The second-order valence-electron chi connectivity index (χ2n) is 13.7. The molecule has 0 saturated carbocycles. The quantitative estimate of drug-likeness (QED) is 0.0474. The van der Waals surface area contributed by atoms with E-state index in [0.717, 1.165) is 89.9 Å². The van der Waals surface area contributed by atoms with Gasteiger partial charge in [0.2, 0.25) is 0 Å².